The Kier molecular flexibility index (Phi) is 4.27. The van der Waals surface area contributed by atoms with Crippen molar-refractivity contribution >= 4 is 21.8 Å². The second-order valence-electron chi connectivity index (χ2n) is 2.67. The second kappa shape index (κ2) is 5.51. The van der Waals surface area contributed by atoms with Crippen LogP contribution in [0.2, 0.25) is 0 Å². The van der Waals surface area contributed by atoms with Crippen LogP contribution < -0.4 is 5.32 Å². The molecule has 0 bridgehead atoms. The molecule has 74 valence electrons. The van der Waals surface area contributed by atoms with Gasteiger partial charge in [-0.05, 0) is 28.4 Å². The van der Waals surface area contributed by atoms with E-state index in [0.717, 1.165) is 6.42 Å². The van der Waals surface area contributed by atoms with E-state index in [0.29, 0.717) is 23.2 Å². The molecule has 0 aromatic carbocycles. The van der Waals surface area contributed by atoms with Crippen LogP contribution in [0.5, 0.6) is 0 Å². The molecule has 0 aliphatic heterocycles. The first-order chi connectivity index (χ1) is 6.75. The highest BCUT2D eigenvalue weighted by Crippen LogP contribution is 2.16. The van der Waals surface area contributed by atoms with Crippen LogP contribution in [0.1, 0.15) is 23.2 Å². The Labute approximate surface area is 91.0 Å². The number of rotatable bonds is 4. The molecule has 0 atom stereocenters. The zero-order chi connectivity index (χ0) is 10.4. The summed E-state index contributed by atoms with van der Waals surface area (Å²) in [5, 5.41) is 2.74. The van der Waals surface area contributed by atoms with Gasteiger partial charge in [-0.2, -0.15) is 0 Å². The Morgan fingerprint density at radius 3 is 3.07 bits per heavy atom. The van der Waals surface area contributed by atoms with Crippen molar-refractivity contribution in [3.63, 3.8) is 0 Å². The molecule has 0 saturated heterocycles. The summed E-state index contributed by atoms with van der Waals surface area (Å²) in [5.74, 6) is 2.36. The third kappa shape index (κ3) is 2.93. The smallest absolute Gasteiger partial charge is 0.255 e. The topological polar surface area (TPSA) is 42.2 Å². The van der Waals surface area contributed by atoms with E-state index in [9.17, 15) is 4.79 Å². The van der Waals surface area contributed by atoms with Gasteiger partial charge >= 0.3 is 0 Å². The number of nitrogens with one attached hydrogen (secondary N) is 1. The van der Waals surface area contributed by atoms with Gasteiger partial charge in [0.1, 0.15) is 0 Å². The number of unbranched alkanes of at least 4 members (excludes halogenated alkanes) is 1. The molecule has 3 nitrogen and oxygen atoms in total. The Balaban J connectivity index is 2.37. The van der Waals surface area contributed by atoms with E-state index in [1.807, 2.05) is 0 Å². The number of carbonyl (C=O) groups excluding carboxylic acids is 1. The minimum absolute atomic E-state index is 0.150. The predicted molar refractivity (Wildman–Crippen MR) is 56.8 cm³/mol. The van der Waals surface area contributed by atoms with Crippen molar-refractivity contribution in [3.05, 3.63) is 22.6 Å². The summed E-state index contributed by atoms with van der Waals surface area (Å²) < 4.78 is 5.39. The first kappa shape index (κ1) is 10.9. The van der Waals surface area contributed by atoms with Crippen molar-refractivity contribution in [2.75, 3.05) is 6.54 Å². The third-order valence-corrected chi connectivity index (χ3v) is 2.26. The van der Waals surface area contributed by atoms with Gasteiger partial charge in [0.05, 0.1) is 11.8 Å². The molecule has 0 saturated carbocycles. The van der Waals surface area contributed by atoms with E-state index in [1.165, 1.54) is 6.26 Å². The van der Waals surface area contributed by atoms with Crippen LogP contribution in [-0.2, 0) is 0 Å². The molecule has 0 fully saturated rings. The lowest BCUT2D eigenvalue weighted by Gasteiger charge is -2.01. The van der Waals surface area contributed by atoms with Crippen LogP contribution in [0.15, 0.2) is 21.4 Å². The summed E-state index contributed by atoms with van der Waals surface area (Å²) in [7, 11) is 0. The molecule has 1 rings (SSSR count). The van der Waals surface area contributed by atoms with Crippen LogP contribution in [0.4, 0.5) is 0 Å². The van der Waals surface area contributed by atoms with Gasteiger partial charge in [0.2, 0.25) is 0 Å². The summed E-state index contributed by atoms with van der Waals surface area (Å²) in [4.78, 5) is 11.4. The van der Waals surface area contributed by atoms with Crippen molar-refractivity contribution in [2.45, 2.75) is 12.8 Å². The lowest BCUT2D eigenvalue weighted by Crippen LogP contribution is -2.24. The first-order valence-corrected chi connectivity index (χ1v) is 4.99. The maximum absolute atomic E-state index is 11.4. The van der Waals surface area contributed by atoms with Crippen LogP contribution in [-0.4, -0.2) is 12.5 Å². The summed E-state index contributed by atoms with van der Waals surface area (Å²) in [6, 6.07) is 1.61. The summed E-state index contributed by atoms with van der Waals surface area (Å²) in [6.07, 6.45) is 8.00. The van der Waals surface area contributed by atoms with Gasteiger partial charge in [0.25, 0.3) is 5.91 Å². The molecule has 1 N–H and O–H groups in total. The van der Waals surface area contributed by atoms with Gasteiger partial charge in [0, 0.05) is 13.0 Å². The van der Waals surface area contributed by atoms with Crippen molar-refractivity contribution in [1.29, 1.82) is 0 Å². The molecular formula is C10H10BrNO2. The predicted octanol–water partition coefficient (Wildman–Crippen LogP) is 2.19. The number of terminal acetylenes is 1. The minimum Gasteiger partial charge on any atom is -0.457 e. The van der Waals surface area contributed by atoms with Gasteiger partial charge < -0.3 is 9.73 Å². The summed E-state index contributed by atoms with van der Waals surface area (Å²) in [5.41, 5.74) is 0.505. The van der Waals surface area contributed by atoms with Crippen LogP contribution >= 0.6 is 15.9 Å². The SMILES string of the molecule is C#CCCCNC(=O)c1ccoc1Br. The number of furan rings is 1. The Morgan fingerprint density at radius 1 is 1.71 bits per heavy atom. The van der Waals surface area contributed by atoms with Gasteiger partial charge in [-0.1, -0.05) is 0 Å². The van der Waals surface area contributed by atoms with Gasteiger partial charge in [-0.3, -0.25) is 4.79 Å². The van der Waals surface area contributed by atoms with E-state index in [1.54, 1.807) is 6.07 Å². The zero-order valence-electron chi connectivity index (χ0n) is 7.55. The number of hydrogen-bond donors (Lipinski definition) is 1. The quantitative estimate of drug-likeness (QED) is 0.662. The van der Waals surface area contributed by atoms with E-state index >= 15 is 0 Å². The minimum atomic E-state index is -0.150. The van der Waals surface area contributed by atoms with Gasteiger partial charge in [-0.15, -0.1) is 12.3 Å². The van der Waals surface area contributed by atoms with Crippen LogP contribution in [0.25, 0.3) is 0 Å². The molecular weight excluding hydrogens is 246 g/mol. The van der Waals surface area contributed by atoms with Gasteiger partial charge in [0.15, 0.2) is 4.67 Å². The molecule has 1 amide bonds. The standard InChI is InChI=1S/C10H10BrNO2/c1-2-3-4-6-12-10(13)8-5-7-14-9(8)11/h1,5,7H,3-4,6H2,(H,12,13). The fraction of sp³-hybridized carbons (Fsp3) is 0.300. The summed E-state index contributed by atoms with van der Waals surface area (Å²) >= 11 is 3.13. The highest BCUT2D eigenvalue weighted by Gasteiger charge is 2.10. The highest BCUT2D eigenvalue weighted by atomic mass is 79.9. The van der Waals surface area contributed by atoms with E-state index in [4.69, 9.17) is 10.8 Å². The molecule has 0 unspecified atom stereocenters. The van der Waals surface area contributed by atoms with Crippen molar-refractivity contribution in [1.82, 2.24) is 5.32 Å². The molecule has 0 aliphatic rings. The Morgan fingerprint density at radius 2 is 2.50 bits per heavy atom. The van der Waals surface area contributed by atoms with Crippen LogP contribution in [0, 0.1) is 12.3 Å². The van der Waals surface area contributed by atoms with Crippen LogP contribution in [0.3, 0.4) is 0 Å². The van der Waals surface area contributed by atoms with E-state index in [-0.39, 0.29) is 5.91 Å². The van der Waals surface area contributed by atoms with Crippen molar-refractivity contribution in [2.24, 2.45) is 0 Å². The number of amides is 1. The molecule has 1 aromatic rings. The molecule has 1 aromatic heterocycles. The maximum atomic E-state index is 11.4. The van der Waals surface area contributed by atoms with E-state index < -0.39 is 0 Å². The Hall–Kier alpha value is -1.21. The monoisotopic (exact) mass is 255 g/mol. The van der Waals surface area contributed by atoms with Gasteiger partial charge in [-0.25, -0.2) is 0 Å². The molecule has 0 spiro atoms. The molecule has 14 heavy (non-hydrogen) atoms. The Bertz CT molecular complexity index is 351. The average molecular weight is 256 g/mol. The number of halogens is 1. The van der Waals surface area contributed by atoms with Crippen molar-refractivity contribution < 1.29 is 9.21 Å². The largest absolute Gasteiger partial charge is 0.457 e. The summed E-state index contributed by atoms with van der Waals surface area (Å²) in [6.45, 7) is 0.584. The lowest BCUT2D eigenvalue weighted by atomic mass is 10.3. The number of hydrogen-bond acceptors (Lipinski definition) is 2. The fourth-order valence-corrected chi connectivity index (χ4v) is 1.36. The average Bonchev–Trinajstić information content (AvgIpc) is 2.59. The third-order valence-electron chi connectivity index (χ3n) is 1.65. The van der Waals surface area contributed by atoms with E-state index in [2.05, 4.69) is 27.2 Å². The molecule has 0 radical (unpaired) electrons. The fourth-order valence-electron chi connectivity index (χ4n) is 0.943. The molecule has 0 aliphatic carbocycles. The second-order valence-corrected chi connectivity index (χ2v) is 3.39. The van der Waals surface area contributed by atoms with Crippen molar-refractivity contribution in [3.8, 4) is 12.3 Å². The highest BCUT2D eigenvalue weighted by molar-refractivity contribution is 9.10. The zero-order valence-corrected chi connectivity index (χ0v) is 9.13. The number of carbonyl (C=O) groups is 1. The lowest BCUT2D eigenvalue weighted by molar-refractivity contribution is 0.0951. The maximum Gasteiger partial charge on any atom is 0.255 e. The molecule has 4 heteroatoms. The normalized spacial score (nSPS) is 9.43. The first-order valence-electron chi connectivity index (χ1n) is 4.20. The molecule has 1 heterocycles.